The number of nitrogens with zero attached hydrogens (tertiary/aromatic N) is 2. The molecule has 1 heterocycles. The van der Waals surface area contributed by atoms with Gasteiger partial charge in [0.05, 0.1) is 6.20 Å². The first-order valence-electron chi connectivity index (χ1n) is 6.17. The van der Waals surface area contributed by atoms with Crippen LogP contribution in [0.5, 0.6) is 0 Å². The number of nitrogens with one attached hydrogen (secondary N) is 1. The highest BCUT2D eigenvalue weighted by molar-refractivity contribution is 5.98. The van der Waals surface area contributed by atoms with Crippen molar-refractivity contribution in [1.82, 2.24) is 15.1 Å². The number of aliphatic carboxylic acids is 1. The highest BCUT2D eigenvalue weighted by Crippen LogP contribution is 2.15. The van der Waals surface area contributed by atoms with Crippen LogP contribution in [0.25, 0.3) is 0 Å². The van der Waals surface area contributed by atoms with Crippen molar-refractivity contribution in [2.45, 2.75) is 13.0 Å². The molecule has 0 aliphatic carbocycles. The van der Waals surface area contributed by atoms with Gasteiger partial charge < -0.3 is 10.4 Å². The van der Waals surface area contributed by atoms with Crippen molar-refractivity contribution in [2.24, 2.45) is 7.05 Å². The quantitative estimate of drug-likeness (QED) is 0.892. The second-order valence-electron chi connectivity index (χ2n) is 4.65. The van der Waals surface area contributed by atoms with Crippen molar-refractivity contribution < 1.29 is 19.1 Å². The number of carbonyl (C=O) groups excluding carboxylic acids is 1. The number of hydrogen-bond donors (Lipinski definition) is 2. The minimum absolute atomic E-state index is 0.228. The third kappa shape index (κ3) is 3.25. The summed E-state index contributed by atoms with van der Waals surface area (Å²) in [5.41, 5.74) is 1.02. The number of halogens is 1. The fourth-order valence-electron chi connectivity index (χ4n) is 1.97. The molecule has 1 unspecified atom stereocenters. The maximum absolute atomic E-state index is 13.0. The number of aromatic nitrogens is 2. The molecular formula is C14H14FN3O3. The van der Waals surface area contributed by atoms with E-state index >= 15 is 0 Å². The third-order valence-corrected chi connectivity index (χ3v) is 3.01. The Kier molecular flexibility index (Phi) is 4.02. The summed E-state index contributed by atoms with van der Waals surface area (Å²) in [7, 11) is 1.65. The molecule has 2 aromatic rings. The maximum atomic E-state index is 13.0. The highest BCUT2D eigenvalue weighted by Gasteiger charge is 2.24. The van der Waals surface area contributed by atoms with Gasteiger partial charge in [0.25, 0.3) is 5.91 Å². The lowest BCUT2D eigenvalue weighted by molar-refractivity contribution is -0.139. The van der Waals surface area contributed by atoms with Crippen molar-refractivity contribution in [3.63, 3.8) is 0 Å². The van der Waals surface area contributed by atoms with Gasteiger partial charge in [0.2, 0.25) is 0 Å². The van der Waals surface area contributed by atoms with Crippen molar-refractivity contribution in [2.75, 3.05) is 0 Å². The number of hydrogen-bond acceptors (Lipinski definition) is 3. The number of carboxylic acids is 1. The van der Waals surface area contributed by atoms with Crippen molar-refractivity contribution in [1.29, 1.82) is 0 Å². The molecule has 2 rings (SSSR count). The second kappa shape index (κ2) is 5.74. The summed E-state index contributed by atoms with van der Waals surface area (Å²) in [5, 5.41) is 15.5. The monoisotopic (exact) mass is 291 g/mol. The van der Waals surface area contributed by atoms with Gasteiger partial charge in [-0.25, -0.2) is 9.18 Å². The summed E-state index contributed by atoms with van der Waals surface area (Å²) in [4.78, 5) is 23.5. The zero-order valence-corrected chi connectivity index (χ0v) is 11.5. The number of benzene rings is 1. The summed E-state index contributed by atoms with van der Waals surface area (Å²) in [5.74, 6) is -2.23. The molecule has 0 fully saturated rings. The highest BCUT2D eigenvalue weighted by atomic mass is 19.1. The average Bonchev–Trinajstić information content (AvgIpc) is 2.81. The van der Waals surface area contributed by atoms with Crippen LogP contribution in [-0.2, 0) is 11.8 Å². The Morgan fingerprint density at radius 2 is 2.14 bits per heavy atom. The van der Waals surface area contributed by atoms with Gasteiger partial charge in [0.15, 0.2) is 6.04 Å². The lowest BCUT2D eigenvalue weighted by Crippen LogP contribution is -2.34. The van der Waals surface area contributed by atoms with E-state index in [2.05, 4.69) is 10.4 Å². The molecule has 7 heteroatoms. The van der Waals surface area contributed by atoms with E-state index in [0.717, 1.165) is 6.07 Å². The first kappa shape index (κ1) is 14.7. The summed E-state index contributed by atoms with van der Waals surface area (Å²) in [6.45, 7) is 1.58. The number of rotatable bonds is 4. The Morgan fingerprint density at radius 1 is 1.43 bits per heavy atom. The van der Waals surface area contributed by atoms with E-state index in [9.17, 15) is 19.1 Å². The van der Waals surface area contributed by atoms with Crippen LogP contribution in [0.15, 0.2) is 30.6 Å². The van der Waals surface area contributed by atoms with E-state index in [1.807, 2.05) is 0 Å². The van der Waals surface area contributed by atoms with E-state index in [0.29, 0.717) is 11.1 Å². The number of amides is 1. The third-order valence-electron chi connectivity index (χ3n) is 3.01. The van der Waals surface area contributed by atoms with Crippen LogP contribution in [0, 0.1) is 12.7 Å². The molecule has 110 valence electrons. The van der Waals surface area contributed by atoms with Crippen LogP contribution in [0.1, 0.15) is 27.5 Å². The largest absolute Gasteiger partial charge is 0.479 e. The lowest BCUT2D eigenvalue weighted by Gasteiger charge is -2.14. The van der Waals surface area contributed by atoms with Crippen LogP contribution in [-0.4, -0.2) is 26.8 Å². The number of aryl methyl sites for hydroxylation is 2. The number of carboxylic acid groups (broad SMARTS) is 1. The van der Waals surface area contributed by atoms with Gasteiger partial charge in [-0.1, -0.05) is 0 Å². The van der Waals surface area contributed by atoms with E-state index in [4.69, 9.17) is 0 Å². The molecule has 0 saturated carbocycles. The van der Waals surface area contributed by atoms with Gasteiger partial charge in [0.1, 0.15) is 5.82 Å². The van der Waals surface area contributed by atoms with Crippen LogP contribution in [0.2, 0.25) is 0 Å². The number of carbonyl (C=O) groups is 2. The fourth-order valence-corrected chi connectivity index (χ4v) is 1.97. The SMILES string of the molecule is Cc1cc(F)ccc1C(=O)NC(C(=O)O)c1cnn(C)c1. The molecule has 1 aromatic carbocycles. The molecule has 0 bridgehead atoms. The first-order valence-corrected chi connectivity index (χ1v) is 6.17. The van der Waals surface area contributed by atoms with E-state index in [1.165, 1.54) is 29.2 Å². The minimum atomic E-state index is -1.21. The molecule has 1 atom stereocenters. The van der Waals surface area contributed by atoms with Crippen LogP contribution < -0.4 is 5.32 Å². The van der Waals surface area contributed by atoms with E-state index in [1.54, 1.807) is 14.0 Å². The molecule has 0 saturated heterocycles. The molecule has 1 amide bonds. The molecule has 0 spiro atoms. The van der Waals surface area contributed by atoms with Crippen molar-refractivity contribution in [3.05, 3.63) is 53.1 Å². The molecule has 1 aromatic heterocycles. The Labute approximate surface area is 120 Å². The fraction of sp³-hybridized carbons (Fsp3) is 0.214. The van der Waals surface area contributed by atoms with E-state index < -0.39 is 23.7 Å². The topological polar surface area (TPSA) is 84.2 Å². The predicted octanol–water partition coefficient (Wildman–Crippen LogP) is 1.42. The molecule has 0 aliphatic heterocycles. The standard InChI is InChI=1S/C14H14FN3O3/c1-8-5-10(15)3-4-11(8)13(19)17-12(14(20)21)9-6-16-18(2)7-9/h3-7,12H,1-2H3,(H,17,19)(H,20,21). The predicted molar refractivity (Wildman–Crippen MR) is 72.2 cm³/mol. The van der Waals surface area contributed by atoms with Crippen molar-refractivity contribution in [3.8, 4) is 0 Å². The summed E-state index contributed by atoms with van der Waals surface area (Å²) in [6.07, 6.45) is 2.88. The molecule has 0 radical (unpaired) electrons. The minimum Gasteiger partial charge on any atom is -0.479 e. The Hall–Kier alpha value is -2.70. The Balaban J connectivity index is 2.25. The lowest BCUT2D eigenvalue weighted by atomic mass is 10.1. The summed E-state index contributed by atoms with van der Waals surface area (Å²) < 4.78 is 14.5. The van der Waals surface area contributed by atoms with Crippen LogP contribution in [0.3, 0.4) is 0 Å². The molecular weight excluding hydrogens is 277 g/mol. The van der Waals surface area contributed by atoms with Gasteiger partial charge in [-0.2, -0.15) is 5.10 Å². The maximum Gasteiger partial charge on any atom is 0.331 e. The zero-order valence-electron chi connectivity index (χ0n) is 11.5. The molecule has 2 N–H and O–H groups in total. The smallest absolute Gasteiger partial charge is 0.331 e. The van der Waals surface area contributed by atoms with Gasteiger partial charge in [-0.3, -0.25) is 9.48 Å². The average molecular weight is 291 g/mol. The summed E-state index contributed by atoms with van der Waals surface area (Å²) in [6, 6.07) is 2.48. The zero-order chi connectivity index (χ0) is 15.6. The second-order valence-corrected chi connectivity index (χ2v) is 4.65. The Morgan fingerprint density at radius 3 is 2.67 bits per heavy atom. The normalized spacial score (nSPS) is 12.0. The van der Waals surface area contributed by atoms with Gasteiger partial charge in [-0.05, 0) is 30.7 Å². The van der Waals surface area contributed by atoms with Gasteiger partial charge in [0, 0.05) is 24.4 Å². The molecule has 6 nitrogen and oxygen atoms in total. The van der Waals surface area contributed by atoms with Gasteiger partial charge >= 0.3 is 5.97 Å². The van der Waals surface area contributed by atoms with E-state index in [-0.39, 0.29) is 5.56 Å². The Bertz CT molecular complexity index is 697. The van der Waals surface area contributed by atoms with Crippen LogP contribution in [0.4, 0.5) is 4.39 Å². The molecule has 0 aliphatic rings. The van der Waals surface area contributed by atoms with Gasteiger partial charge in [-0.15, -0.1) is 0 Å². The van der Waals surface area contributed by atoms with Crippen LogP contribution >= 0.6 is 0 Å². The van der Waals surface area contributed by atoms with Crippen molar-refractivity contribution >= 4 is 11.9 Å². The summed E-state index contributed by atoms with van der Waals surface area (Å²) >= 11 is 0. The molecule has 21 heavy (non-hydrogen) atoms. The first-order chi connectivity index (χ1) is 9.88.